The van der Waals surface area contributed by atoms with Crippen LogP contribution in [0.25, 0.3) is 0 Å². The molecule has 110 valence electrons. The highest BCUT2D eigenvalue weighted by atomic mass is 32.1. The lowest BCUT2D eigenvalue weighted by atomic mass is 9.98. The minimum Gasteiger partial charge on any atom is -0.374 e. The molecule has 4 rings (SSSR count). The Kier molecular flexibility index (Phi) is 3.44. The van der Waals surface area contributed by atoms with Crippen molar-refractivity contribution in [2.75, 3.05) is 25.1 Å². The maximum Gasteiger partial charge on any atom is 0.186 e. The first-order chi connectivity index (χ1) is 9.86. The third-order valence-electron chi connectivity index (χ3n) is 5.02. The van der Waals surface area contributed by atoms with Gasteiger partial charge in [-0.2, -0.15) is 0 Å². The maximum absolute atomic E-state index is 5.92. The molecule has 2 heterocycles. The molecule has 4 nitrogen and oxygen atoms in total. The van der Waals surface area contributed by atoms with E-state index >= 15 is 0 Å². The molecule has 1 aromatic rings. The molecule has 1 saturated carbocycles. The fourth-order valence-electron chi connectivity index (χ4n) is 3.97. The van der Waals surface area contributed by atoms with Crippen molar-refractivity contribution in [3.63, 3.8) is 0 Å². The number of morpholine rings is 1. The number of fused-ring (bicyclic) bond motifs is 2. The molecule has 1 saturated heterocycles. The third kappa shape index (κ3) is 2.07. The summed E-state index contributed by atoms with van der Waals surface area (Å²) < 4.78 is 5.92. The Morgan fingerprint density at radius 3 is 3.15 bits per heavy atom. The van der Waals surface area contributed by atoms with E-state index in [-0.39, 0.29) is 0 Å². The number of rotatable bonds is 2. The van der Waals surface area contributed by atoms with Crippen LogP contribution >= 0.6 is 11.3 Å². The van der Waals surface area contributed by atoms with Gasteiger partial charge >= 0.3 is 0 Å². The molecule has 1 aromatic heterocycles. The van der Waals surface area contributed by atoms with E-state index in [0.717, 1.165) is 13.2 Å². The lowest BCUT2D eigenvalue weighted by Crippen LogP contribution is -2.48. The number of aromatic nitrogens is 1. The van der Waals surface area contributed by atoms with E-state index in [9.17, 15) is 0 Å². The van der Waals surface area contributed by atoms with Crippen LogP contribution in [-0.4, -0.2) is 37.3 Å². The zero-order valence-corrected chi connectivity index (χ0v) is 12.9. The van der Waals surface area contributed by atoms with Gasteiger partial charge in [-0.1, -0.05) is 0 Å². The Hall–Kier alpha value is -0.650. The van der Waals surface area contributed by atoms with Crippen LogP contribution in [0.4, 0.5) is 5.13 Å². The van der Waals surface area contributed by atoms with Crippen LogP contribution in [0, 0.1) is 0 Å². The lowest BCUT2D eigenvalue weighted by Gasteiger charge is -2.37. The molecule has 5 heteroatoms. The normalized spacial score (nSPS) is 33.0. The van der Waals surface area contributed by atoms with Crippen molar-refractivity contribution >= 4 is 16.5 Å². The van der Waals surface area contributed by atoms with Crippen LogP contribution in [-0.2, 0) is 11.2 Å². The molecule has 0 aromatic carbocycles. The molecule has 0 radical (unpaired) electrons. The van der Waals surface area contributed by atoms with Crippen LogP contribution < -0.4 is 10.2 Å². The molecule has 3 aliphatic rings. The highest BCUT2D eigenvalue weighted by molar-refractivity contribution is 7.15. The van der Waals surface area contributed by atoms with E-state index in [1.807, 2.05) is 11.3 Å². The molecule has 1 N–H and O–H groups in total. The van der Waals surface area contributed by atoms with Gasteiger partial charge in [-0.05, 0) is 45.6 Å². The second kappa shape index (κ2) is 5.28. The van der Waals surface area contributed by atoms with E-state index in [4.69, 9.17) is 9.72 Å². The van der Waals surface area contributed by atoms with Crippen molar-refractivity contribution in [3.05, 3.63) is 10.6 Å². The summed E-state index contributed by atoms with van der Waals surface area (Å²) in [6.07, 6.45) is 7.97. The number of aryl methyl sites for hydroxylation is 1. The number of thiazole rings is 1. The first kappa shape index (κ1) is 13.0. The van der Waals surface area contributed by atoms with Gasteiger partial charge < -0.3 is 15.0 Å². The largest absolute Gasteiger partial charge is 0.374 e. The first-order valence-electron chi connectivity index (χ1n) is 7.92. The van der Waals surface area contributed by atoms with Gasteiger partial charge in [0.15, 0.2) is 5.13 Å². The second-order valence-corrected chi connectivity index (χ2v) is 7.20. The SMILES string of the molecule is CNC1CCCc2sc(N3CCOC4CCCC43)nc21. The predicted octanol–water partition coefficient (Wildman–Crippen LogP) is 2.50. The number of anilines is 1. The van der Waals surface area contributed by atoms with Crippen molar-refractivity contribution < 1.29 is 4.74 Å². The summed E-state index contributed by atoms with van der Waals surface area (Å²) in [5.74, 6) is 0. The second-order valence-electron chi connectivity index (χ2n) is 6.14. The standard InChI is InChI=1S/C15H23N3OS/c1-16-10-4-2-7-13-14(10)17-15(20-13)18-8-9-19-12-6-3-5-11(12)18/h10-12,16H,2-9H2,1H3. The van der Waals surface area contributed by atoms with Gasteiger partial charge in [0.25, 0.3) is 0 Å². The molecule has 0 spiro atoms. The molecular weight excluding hydrogens is 270 g/mol. The highest BCUT2D eigenvalue weighted by Gasteiger charge is 2.38. The summed E-state index contributed by atoms with van der Waals surface area (Å²) in [5, 5.41) is 4.67. The zero-order chi connectivity index (χ0) is 13.5. The van der Waals surface area contributed by atoms with Crippen LogP contribution in [0.5, 0.6) is 0 Å². The van der Waals surface area contributed by atoms with E-state index in [1.165, 1.54) is 54.2 Å². The Balaban J connectivity index is 1.63. The molecule has 0 amide bonds. The highest BCUT2D eigenvalue weighted by Crippen LogP contribution is 2.40. The number of ether oxygens (including phenoxy) is 1. The summed E-state index contributed by atoms with van der Waals surface area (Å²) in [4.78, 5) is 9.06. The smallest absolute Gasteiger partial charge is 0.186 e. The Morgan fingerprint density at radius 2 is 2.25 bits per heavy atom. The first-order valence-corrected chi connectivity index (χ1v) is 8.73. The number of nitrogens with zero attached hydrogens (tertiary/aromatic N) is 2. The average molecular weight is 293 g/mol. The maximum atomic E-state index is 5.92. The topological polar surface area (TPSA) is 37.4 Å². The Labute approximate surface area is 124 Å². The lowest BCUT2D eigenvalue weighted by molar-refractivity contribution is 0.0256. The predicted molar refractivity (Wildman–Crippen MR) is 81.6 cm³/mol. The fourth-order valence-corrected chi connectivity index (χ4v) is 5.22. The number of nitrogens with one attached hydrogen (secondary N) is 1. The van der Waals surface area contributed by atoms with E-state index in [2.05, 4.69) is 17.3 Å². The van der Waals surface area contributed by atoms with Gasteiger partial charge in [0.2, 0.25) is 0 Å². The van der Waals surface area contributed by atoms with Crippen LogP contribution in [0.2, 0.25) is 0 Å². The van der Waals surface area contributed by atoms with E-state index in [1.54, 1.807) is 0 Å². The molecular formula is C15H23N3OS. The molecule has 3 atom stereocenters. The summed E-state index contributed by atoms with van der Waals surface area (Å²) >= 11 is 1.93. The van der Waals surface area contributed by atoms with Crippen molar-refractivity contribution in [2.45, 2.75) is 56.7 Å². The minimum atomic E-state index is 0.449. The molecule has 2 aliphatic carbocycles. The summed E-state index contributed by atoms with van der Waals surface area (Å²) in [5.41, 5.74) is 1.32. The van der Waals surface area contributed by atoms with Crippen molar-refractivity contribution in [3.8, 4) is 0 Å². The van der Waals surface area contributed by atoms with Gasteiger partial charge in [-0.3, -0.25) is 0 Å². The summed E-state index contributed by atoms with van der Waals surface area (Å²) in [6, 6.07) is 1.04. The molecule has 0 bridgehead atoms. The van der Waals surface area contributed by atoms with Gasteiger partial charge in [0, 0.05) is 11.4 Å². The van der Waals surface area contributed by atoms with Gasteiger partial charge in [0.05, 0.1) is 30.5 Å². The van der Waals surface area contributed by atoms with Gasteiger partial charge in [-0.25, -0.2) is 4.98 Å². The third-order valence-corrected chi connectivity index (χ3v) is 6.19. The zero-order valence-electron chi connectivity index (χ0n) is 12.1. The summed E-state index contributed by atoms with van der Waals surface area (Å²) in [7, 11) is 2.06. The van der Waals surface area contributed by atoms with Gasteiger partial charge in [-0.15, -0.1) is 11.3 Å². The van der Waals surface area contributed by atoms with Crippen molar-refractivity contribution in [1.82, 2.24) is 10.3 Å². The molecule has 1 aliphatic heterocycles. The Bertz CT molecular complexity index is 489. The monoisotopic (exact) mass is 293 g/mol. The quantitative estimate of drug-likeness (QED) is 0.909. The van der Waals surface area contributed by atoms with Crippen molar-refractivity contribution in [2.24, 2.45) is 0 Å². The Morgan fingerprint density at radius 1 is 1.30 bits per heavy atom. The number of hydrogen-bond acceptors (Lipinski definition) is 5. The summed E-state index contributed by atoms with van der Waals surface area (Å²) in [6.45, 7) is 1.87. The average Bonchev–Trinajstić information content (AvgIpc) is 3.12. The van der Waals surface area contributed by atoms with Crippen LogP contribution in [0.15, 0.2) is 0 Å². The van der Waals surface area contributed by atoms with Crippen molar-refractivity contribution in [1.29, 1.82) is 0 Å². The molecule has 2 fully saturated rings. The molecule has 3 unspecified atom stereocenters. The van der Waals surface area contributed by atoms with E-state index in [0.29, 0.717) is 18.2 Å². The van der Waals surface area contributed by atoms with Crippen LogP contribution in [0.3, 0.4) is 0 Å². The van der Waals surface area contributed by atoms with Crippen LogP contribution in [0.1, 0.15) is 48.7 Å². The fraction of sp³-hybridized carbons (Fsp3) is 0.800. The minimum absolute atomic E-state index is 0.449. The number of hydrogen-bond donors (Lipinski definition) is 1. The van der Waals surface area contributed by atoms with E-state index < -0.39 is 0 Å². The van der Waals surface area contributed by atoms with Gasteiger partial charge in [0.1, 0.15) is 0 Å². The molecule has 20 heavy (non-hydrogen) atoms.